The number of ketones is 1. The summed E-state index contributed by atoms with van der Waals surface area (Å²) in [4.78, 5) is 12.4. The van der Waals surface area contributed by atoms with Crippen LogP contribution in [0.3, 0.4) is 0 Å². The van der Waals surface area contributed by atoms with Crippen molar-refractivity contribution < 1.29 is 19.0 Å². The molecule has 4 nitrogen and oxygen atoms in total. The van der Waals surface area contributed by atoms with Gasteiger partial charge in [-0.05, 0) is 54.1 Å². The first-order valence-electron chi connectivity index (χ1n) is 8.47. The lowest BCUT2D eigenvalue weighted by Crippen LogP contribution is -1.97. The Morgan fingerprint density at radius 3 is 2.11 bits per heavy atom. The third kappa shape index (κ3) is 4.76. The van der Waals surface area contributed by atoms with Crippen molar-refractivity contribution in [1.29, 1.82) is 0 Å². The Morgan fingerprint density at radius 1 is 0.778 bits per heavy atom. The highest BCUT2D eigenvalue weighted by molar-refractivity contribution is 6.07. The monoisotopic (exact) mass is 360 g/mol. The van der Waals surface area contributed by atoms with E-state index in [1.54, 1.807) is 38.5 Å². The van der Waals surface area contributed by atoms with E-state index in [1.165, 1.54) is 6.08 Å². The van der Waals surface area contributed by atoms with Gasteiger partial charge in [-0.25, -0.2) is 0 Å². The van der Waals surface area contributed by atoms with Crippen LogP contribution in [0, 0.1) is 0 Å². The predicted octanol–water partition coefficient (Wildman–Crippen LogP) is 5.39. The molecule has 0 spiro atoms. The SMILES string of the molecule is COc1ccc(C(=O)/C=C/c2ccc(Oc3ccccc3)cc2)cc1OC. The van der Waals surface area contributed by atoms with Crippen molar-refractivity contribution in [3.05, 3.63) is 90.0 Å². The highest BCUT2D eigenvalue weighted by Gasteiger charge is 2.08. The van der Waals surface area contributed by atoms with Gasteiger partial charge >= 0.3 is 0 Å². The van der Waals surface area contributed by atoms with Crippen molar-refractivity contribution in [2.45, 2.75) is 0 Å². The van der Waals surface area contributed by atoms with Crippen molar-refractivity contribution in [3.63, 3.8) is 0 Å². The highest BCUT2D eigenvalue weighted by Crippen LogP contribution is 2.28. The average molecular weight is 360 g/mol. The van der Waals surface area contributed by atoms with Crippen LogP contribution >= 0.6 is 0 Å². The minimum atomic E-state index is -0.111. The van der Waals surface area contributed by atoms with Gasteiger partial charge in [0.25, 0.3) is 0 Å². The number of hydrogen-bond acceptors (Lipinski definition) is 4. The zero-order valence-electron chi connectivity index (χ0n) is 15.2. The summed E-state index contributed by atoms with van der Waals surface area (Å²) in [5.74, 6) is 2.53. The van der Waals surface area contributed by atoms with E-state index in [4.69, 9.17) is 14.2 Å². The fourth-order valence-electron chi connectivity index (χ4n) is 2.53. The molecule has 0 saturated carbocycles. The van der Waals surface area contributed by atoms with Gasteiger partial charge in [0.2, 0.25) is 0 Å². The van der Waals surface area contributed by atoms with E-state index in [2.05, 4.69) is 0 Å². The van der Waals surface area contributed by atoms with Gasteiger partial charge in [0.05, 0.1) is 14.2 Å². The summed E-state index contributed by atoms with van der Waals surface area (Å²) in [5, 5.41) is 0. The molecule has 3 aromatic carbocycles. The Hall–Kier alpha value is -3.53. The first kappa shape index (κ1) is 18.3. The standard InChI is InChI=1S/C23H20O4/c1-25-22-15-11-18(16-23(22)26-2)21(24)14-10-17-8-12-20(13-9-17)27-19-6-4-3-5-7-19/h3-16H,1-2H3/b14-10+. The smallest absolute Gasteiger partial charge is 0.185 e. The molecule has 136 valence electrons. The topological polar surface area (TPSA) is 44.8 Å². The number of carbonyl (C=O) groups is 1. The first-order chi connectivity index (χ1) is 13.2. The average Bonchev–Trinajstić information content (AvgIpc) is 2.73. The zero-order valence-corrected chi connectivity index (χ0v) is 15.2. The summed E-state index contributed by atoms with van der Waals surface area (Å²) in [6.07, 6.45) is 3.31. The predicted molar refractivity (Wildman–Crippen MR) is 106 cm³/mol. The van der Waals surface area contributed by atoms with Crippen molar-refractivity contribution in [2.24, 2.45) is 0 Å². The van der Waals surface area contributed by atoms with E-state index in [0.717, 1.165) is 17.1 Å². The third-order valence-corrected chi connectivity index (χ3v) is 3.95. The number of para-hydroxylation sites is 1. The molecule has 4 heteroatoms. The van der Waals surface area contributed by atoms with Crippen LogP contribution in [0.2, 0.25) is 0 Å². The van der Waals surface area contributed by atoms with Gasteiger partial charge in [0, 0.05) is 5.56 Å². The molecule has 0 bridgehead atoms. The van der Waals surface area contributed by atoms with Crippen LogP contribution in [0.15, 0.2) is 78.9 Å². The lowest BCUT2D eigenvalue weighted by Gasteiger charge is -2.08. The number of methoxy groups -OCH3 is 2. The number of rotatable bonds is 7. The van der Waals surface area contributed by atoms with Crippen molar-refractivity contribution in [1.82, 2.24) is 0 Å². The molecule has 0 N–H and O–H groups in total. The summed E-state index contributed by atoms with van der Waals surface area (Å²) in [6, 6.07) is 22.2. The van der Waals surface area contributed by atoms with Crippen LogP contribution in [0.1, 0.15) is 15.9 Å². The van der Waals surface area contributed by atoms with Crippen molar-refractivity contribution in [2.75, 3.05) is 14.2 Å². The number of carbonyl (C=O) groups excluding carboxylic acids is 1. The summed E-state index contributed by atoms with van der Waals surface area (Å²) >= 11 is 0. The molecule has 0 aliphatic rings. The molecule has 27 heavy (non-hydrogen) atoms. The fraction of sp³-hybridized carbons (Fsp3) is 0.0870. The summed E-state index contributed by atoms with van der Waals surface area (Å²) < 4.78 is 16.2. The molecule has 0 heterocycles. The van der Waals surface area contributed by atoms with Crippen LogP contribution in [0.5, 0.6) is 23.0 Å². The van der Waals surface area contributed by atoms with Crippen LogP contribution < -0.4 is 14.2 Å². The minimum absolute atomic E-state index is 0.111. The molecule has 0 amide bonds. The van der Waals surface area contributed by atoms with E-state index in [-0.39, 0.29) is 5.78 Å². The van der Waals surface area contributed by atoms with Gasteiger partial charge in [-0.15, -0.1) is 0 Å². The Morgan fingerprint density at radius 2 is 1.44 bits per heavy atom. The molecule has 0 atom stereocenters. The second-order valence-electron chi connectivity index (χ2n) is 5.75. The molecule has 0 aliphatic carbocycles. The van der Waals surface area contributed by atoms with E-state index < -0.39 is 0 Å². The fourth-order valence-corrected chi connectivity index (χ4v) is 2.53. The van der Waals surface area contributed by atoms with Crippen LogP contribution in [0.4, 0.5) is 0 Å². The molecule has 0 fully saturated rings. The normalized spacial score (nSPS) is 10.6. The van der Waals surface area contributed by atoms with Crippen LogP contribution in [0.25, 0.3) is 6.08 Å². The second kappa shape index (κ2) is 8.72. The molecular formula is C23H20O4. The van der Waals surface area contributed by atoms with E-state index in [1.807, 2.05) is 54.6 Å². The number of benzene rings is 3. The van der Waals surface area contributed by atoms with Gasteiger partial charge in [-0.1, -0.05) is 36.4 Å². The molecular weight excluding hydrogens is 340 g/mol. The summed E-state index contributed by atoms with van der Waals surface area (Å²) in [7, 11) is 3.10. The maximum Gasteiger partial charge on any atom is 0.185 e. The first-order valence-corrected chi connectivity index (χ1v) is 8.47. The molecule has 0 aromatic heterocycles. The molecule has 0 saturated heterocycles. The van der Waals surface area contributed by atoms with Crippen LogP contribution in [-0.4, -0.2) is 20.0 Å². The van der Waals surface area contributed by atoms with Crippen molar-refractivity contribution in [3.8, 4) is 23.0 Å². The van der Waals surface area contributed by atoms with Crippen molar-refractivity contribution >= 4 is 11.9 Å². The maximum atomic E-state index is 12.4. The minimum Gasteiger partial charge on any atom is -0.493 e. The molecule has 3 aromatic rings. The number of ether oxygens (including phenoxy) is 3. The van der Waals surface area contributed by atoms with Gasteiger partial charge < -0.3 is 14.2 Å². The van der Waals surface area contributed by atoms with Gasteiger partial charge in [-0.3, -0.25) is 4.79 Å². The highest BCUT2D eigenvalue weighted by atomic mass is 16.5. The number of hydrogen-bond donors (Lipinski definition) is 0. The van der Waals surface area contributed by atoms with E-state index in [0.29, 0.717) is 17.1 Å². The second-order valence-corrected chi connectivity index (χ2v) is 5.75. The Labute approximate surface area is 158 Å². The van der Waals surface area contributed by atoms with Gasteiger partial charge in [-0.2, -0.15) is 0 Å². The summed E-state index contributed by atoms with van der Waals surface area (Å²) in [6.45, 7) is 0. The lowest BCUT2D eigenvalue weighted by atomic mass is 10.1. The largest absolute Gasteiger partial charge is 0.493 e. The Kier molecular flexibility index (Phi) is 5.90. The molecule has 3 rings (SSSR count). The third-order valence-electron chi connectivity index (χ3n) is 3.95. The van der Waals surface area contributed by atoms with E-state index in [9.17, 15) is 4.79 Å². The Bertz CT molecular complexity index is 928. The lowest BCUT2D eigenvalue weighted by molar-refractivity contribution is 0.104. The van der Waals surface area contributed by atoms with Gasteiger partial charge in [0.15, 0.2) is 17.3 Å². The van der Waals surface area contributed by atoms with Crippen LogP contribution in [-0.2, 0) is 0 Å². The zero-order chi connectivity index (χ0) is 19.1. The van der Waals surface area contributed by atoms with E-state index >= 15 is 0 Å². The molecule has 0 aliphatic heterocycles. The summed E-state index contributed by atoms with van der Waals surface area (Å²) in [5.41, 5.74) is 1.44. The van der Waals surface area contributed by atoms with Gasteiger partial charge in [0.1, 0.15) is 11.5 Å². The maximum absolute atomic E-state index is 12.4. The molecule has 0 radical (unpaired) electrons. The molecule has 0 unspecified atom stereocenters. The Balaban J connectivity index is 1.67. The quantitative estimate of drug-likeness (QED) is 0.418. The number of allylic oxidation sites excluding steroid dienone is 1.